The van der Waals surface area contributed by atoms with Gasteiger partial charge in [0, 0.05) is 22.4 Å². The molecular formula is C18H21BrN4O3S. The molecule has 1 atom stereocenters. The second-order valence-electron chi connectivity index (χ2n) is 6.09. The van der Waals surface area contributed by atoms with E-state index in [0.29, 0.717) is 13.2 Å². The topological polar surface area (TPSA) is 96.7 Å². The highest BCUT2D eigenvalue weighted by atomic mass is 79.9. The van der Waals surface area contributed by atoms with Crippen molar-refractivity contribution in [3.63, 3.8) is 0 Å². The molecule has 0 spiro atoms. The number of rotatable bonds is 6. The first kappa shape index (κ1) is 19.7. The molecule has 1 unspecified atom stereocenters. The molecule has 0 aliphatic carbocycles. The second-order valence-corrected chi connectivity index (χ2v) is 7.98. The normalized spacial score (nSPS) is 15.2. The van der Waals surface area contributed by atoms with Crippen molar-refractivity contribution in [1.82, 2.24) is 5.32 Å². The number of halogens is 1. The highest BCUT2D eigenvalue weighted by Gasteiger charge is 2.21. The summed E-state index contributed by atoms with van der Waals surface area (Å²) in [6.45, 7) is 2.86. The quantitative estimate of drug-likeness (QED) is 0.627. The molecule has 1 aromatic carbocycles. The van der Waals surface area contributed by atoms with Gasteiger partial charge >= 0.3 is 6.03 Å². The molecule has 9 heteroatoms. The van der Waals surface area contributed by atoms with Crippen molar-refractivity contribution in [2.45, 2.75) is 12.5 Å². The number of morpholine rings is 1. The third kappa shape index (κ3) is 5.44. The van der Waals surface area contributed by atoms with Crippen molar-refractivity contribution in [3.8, 4) is 0 Å². The number of primary amides is 1. The summed E-state index contributed by atoms with van der Waals surface area (Å²) < 4.78 is 6.28. The molecule has 2 aromatic rings. The summed E-state index contributed by atoms with van der Waals surface area (Å²) in [5.41, 5.74) is 6.94. The Kier molecular flexibility index (Phi) is 6.70. The van der Waals surface area contributed by atoms with Crippen LogP contribution in [-0.4, -0.2) is 38.2 Å². The Bertz CT molecular complexity index is 794. The molecule has 0 radical (unpaired) electrons. The highest BCUT2D eigenvalue weighted by Crippen LogP contribution is 2.31. The molecule has 1 aliphatic rings. The minimum Gasteiger partial charge on any atom is -0.378 e. The average molecular weight is 453 g/mol. The summed E-state index contributed by atoms with van der Waals surface area (Å²) in [6, 6.07) is 8.44. The van der Waals surface area contributed by atoms with E-state index in [2.05, 4.69) is 31.5 Å². The van der Waals surface area contributed by atoms with E-state index < -0.39 is 12.1 Å². The Morgan fingerprint density at radius 1 is 1.30 bits per heavy atom. The fourth-order valence-electron chi connectivity index (χ4n) is 2.96. The van der Waals surface area contributed by atoms with Crippen LogP contribution in [-0.2, 0) is 9.53 Å². The molecule has 27 heavy (non-hydrogen) atoms. The lowest BCUT2D eigenvalue weighted by atomic mass is 10.1. The molecule has 1 fully saturated rings. The van der Waals surface area contributed by atoms with Crippen molar-refractivity contribution in [1.29, 1.82) is 0 Å². The van der Waals surface area contributed by atoms with Gasteiger partial charge in [-0.1, -0.05) is 22.0 Å². The van der Waals surface area contributed by atoms with Crippen LogP contribution in [0.3, 0.4) is 0 Å². The van der Waals surface area contributed by atoms with Gasteiger partial charge in [0.15, 0.2) is 0 Å². The predicted octanol–water partition coefficient (Wildman–Crippen LogP) is 3.09. The number of thiophene rings is 1. The molecule has 7 nitrogen and oxygen atoms in total. The Balaban J connectivity index is 1.74. The van der Waals surface area contributed by atoms with Crippen LogP contribution >= 0.6 is 27.3 Å². The van der Waals surface area contributed by atoms with E-state index >= 15 is 0 Å². The van der Waals surface area contributed by atoms with Gasteiger partial charge < -0.3 is 26.0 Å². The number of nitrogens with zero attached hydrogens (tertiary/aromatic N) is 1. The van der Waals surface area contributed by atoms with E-state index in [9.17, 15) is 9.59 Å². The van der Waals surface area contributed by atoms with Gasteiger partial charge in [-0.2, -0.15) is 0 Å². The van der Waals surface area contributed by atoms with Crippen LogP contribution in [0.5, 0.6) is 0 Å². The molecule has 144 valence electrons. The van der Waals surface area contributed by atoms with Crippen molar-refractivity contribution in [2.24, 2.45) is 5.73 Å². The van der Waals surface area contributed by atoms with Crippen molar-refractivity contribution < 1.29 is 14.3 Å². The van der Waals surface area contributed by atoms with Gasteiger partial charge in [-0.05, 0) is 29.6 Å². The van der Waals surface area contributed by atoms with E-state index in [1.54, 1.807) is 0 Å². The summed E-state index contributed by atoms with van der Waals surface area (Å²) in [6.07, 6.45) is 0.0958. The third-order valence-electron chi connectivity index (χ3n) is 4.18. The number of nitrogens with one attached hydrogen (secondary N) is 2. The molecule has 4 N–H and O–H groups in total. The molecule has 0 saturated carbocycles. The number of hydrogen-bond acceptors (Lipinski definition) is 5. The Labute approximate surface area is 170 Å². The van der Waals surface area contributed by atoms with Crippen LogP contribution in [0.15, 0.2) is 40.2 Å². The molecule has 1 aromatic heterocycles. The van der Waals surface area contributed by atoms with Crippen molar-refractivity contribution >= 4 is 50.6 Å². The number of amides is 3. The number of ether oxygens (including phenoxy) is 1. The van der Waals surface area contributed by atoms with Crippen LogP contribution in [0, 0.1) is 0 Å². The Morgan fingerprint density at radius 2 is 2.07 bits per heavy atom. The summed E-state index contributed by atoms with van der Waals surface area (Å²) >= 11 is 4.93. The molecule has 2 heterocycles. The van der Waals surface area contributed by atoms with E-state index in [4.69, 9.17) is 10.5 Å². The SMILES string of the molecule is NC(=O)NC(CC(=O)Nc1cc(Br)ccc1N1CCOCC1)c1cccs1. The van der Waals surface area contributed by atoms with Gasteiger partial charge in [-0.25, -0.2) is 4.79 Å². The van der Waals surface area contributed by atoms with Crippen LogP contribution < -0.4 is 21.3 Å². The van der Waals surface area contributed by atoms with E-state index in [-0.39, 0.29) is 12.3 Å². The lowest BCUT2D eigenvalue weighted by molar-refractivity contribution is -0.116. The maximum absolute atomic E-state index is 12.7. The summed E-state index contributed by atoms with van der Waals surface area (Å²) in [4.78, 5) is 27.1. The average Bonchev–Trinajstić information content (AvgIpc) is 3.16. The number of urea groups is 1. The molecule has 1 aliphatic heterocycles. The van der Waals surface area contributed by atoms with Gasteiger partial charge in [0.1, 0.15) is 0 Å². The zero-order chi connectivity index (χ0) is 19.2. The number of anilines is 2. The molecular weight excluding hydrogens is 432 g/mol. The summed E-state index contributed by atoms with van der Waals surface area (Å²) in [5.74, 6) is -0.199. The minimum absolute atomic E-state index is 0.0958. The Morgan fingerprint density at radius 3 is 2.74 bits per heavy atom. The van der Waals surface area contributed by atoms with Gasteiger partial charge in [0.2, 0.25) is 5.91 Å². The maximum atomic E-state index is 12.7. The van der Waals surface area contributed by atoms with Crippen LogP contribution in [0.2, 0.25) is 0 Å². The third-order valence-corrected chi connectivity index (χ3v) is 5.66. The summed E-state index contributed by atoms with van der Waals surface area (Å²) in [5, 5.41) is 7.51. The summed E-state index contributed by atoms with van der Waals surface area (Å²) in [7, 11) is 0. The van der Waals surface area contributed by atoms with Crippen LogP contribution in [0.25, 0.3) is 0 Å². The van der Waals surface area contributed by atoms with Crippen molar-refractivity contribution in [2.75, 3.05) is 36.5 Å². The number of hydrogen-bond donors (Lipinski definition) is 3. The first-order valence-corrected chi connectivity index (χ1v) is 10.2. The molecule has 1 saturated heterocycles. The zero-order valence-electron chi connectivity index (χ0n) is 14.6. The highest BCUT2D eigenvalue weighted by molar-refractivity contribution is 9.10. The first-order chi connectivity index (χ1) is 13.0. The van der Waals surface area contributed by atoms with Gasteiger partial charge in [-0.15, -0.1) is 11.3 Å². The van der Waals surface area contributed by atoms with Gasteiger partial charge in [0.05, 0.1) is 37.1 Å². The monoisotopic (exact) mass is 452 g/mol. The number of benzene rings is 1. The zero-order valence-corrected chi connectivity index (χ0v) is 17.0. The predicted molar refractivity (Wildman–Crippen MR) is 110 cm³/mol. The largest absolute Gasteiger partial charge is 0.378 e. The van der Waals surface area contributed by atoms with E-state index in [1.807, 2.05) is 35.7 Å². The van der Waals surface area contributed by atoms with E-state index in [0.717, 1.165) is 33.8 Å². The fraction of sp³-hybridized carbons (Fsp3) is 0.333. The lowest BCUT2D eigenvalue weighted by Gasteiger charge is -2.30. The number of carbonyl (C=O) groups excluding carboxylic acids is 2. The first-order valence-electron chi connectivity index (χ1n) is 8.54. The smallest absolute Gasteiger partial charge is 0.312 e. The number of nitrogens with two attached hydrogens (primary N) is 1. The molecule has 0 bridgehead atoms. The maximum Gasteiger partial charge on any atom is 0.312 e. The van der Waals surface area contributed by atoms with Gasteiger partial charge in [-0.3, -0.25) is 4.79 Å². The minimum atomic E-state index is -0.655. The van der Waals surface area contributed by atoms with Crippen LogP contribution in [0.4, 0.5) is 16.2 Å². The lowest BCUT2D eigenvalue weighted by Crippen LogP contribution is -2.37. The van der Waals surface area contributed by atoms with Crippen LogP contribution in [0.1, 0.15) is 17.3 Å². The van der Waals surface area contributed by atoms with E-state index in [1.165, 1.54) is 11.3 Å². The Hall–Kier alpha value is -2.10. The van der Waals surface area contributed by atoms with Gasteiger partial charge in [0.25, 0.3) is 0 Å². The molecule has 3 rings (SSSR count). The second kappa shape index (κ2) is 9.20. The fourth-order valence-corrected chi connectivity index (χ4v) is 4.10. The number of carbonyl (C=O) groups is 2. The standard InChI is InChI=1S/C18H21BrN4O3S/c19-12-3-4-15(23-5-7-26-8-6-23)13(10-12)21-17(24)11-14(22-18(20)25)16-2-1-9-27-16/h1-4,9-10,14H,5-8,11H2,(H,21,24)(H3,20,22,25). The molecule has 3 amide bonds. The van der Waals surface area contributed by atoms with Crippen molar-refractivity contribution in [3.05, 3.63) is 45.1 Å².